The molecule has 0 aliphatic carbocycles. The molecule has 0 fully saturated rings. The molecule has 190 valence electrons. The largest absolute Gasteiger partial charge is 0.496 e. The molecular weight excluding hydrogens is 486 g/mol. The average Bonchev–Trinajstić information content (AvgIpc) is 3.42. The number of hydrogen-bond acceptors (Lipinski definition) is 6. The highest BCUT2D eigenvalue weighted by atomic mass is 32.1. The van der Waals surface area contributed by atoms with Crippen LogP contribution in [0, 0.1) is 0 Å². The fourth-order valence-corrected chi connectivity index (χ4v) is 4.87. The zero-order valence-electron chi connectivity index (χ0n) is 20.8. The highest BCUT2D eigenvalue weighted by Crippen LogP contribution is 2.33. The van der Waals surface area contributed by atoms with Gasteiger partial charge >= 0.3 is 5.97 Å². The van der Waals surface area contributed by atoms with Crippen LogP contribution < -0.4 is 15.0 Å². The first-order valence-electron chi connectivity index (χ1n) is 12.0. The summed E-state index contributed by atoms with van der Waals surface area (Å²) < 4.78 is 5.47. The van der Waals surface area contributed by atoms with Gasteiger partial charge < -0.3 is 20.1 Å². The van der Waals surface area contributed by atoms with E-state index in [1.165, 1.54) is 0 Å². The summed E-state index contributed by atoms with van der Waals surface area (Å²) in [5, 5.41) is 15.1. The van der Waals surface area contributed by atoms with Gasteiger partial charge in [0.2, 0.25) is 0 Å². The molecule has 1 atom stereocenters. The zero-order chi connectivity index (χ0) is 26.2. The molecule has 1 heterocycles. The minimum absolute atomic E-state index is 0.218. The number of anilines is 1. The molecule has 0 bridgehead atoms. The predicted octanol–water partition coefficient (Wildman–Crippen LogP) is 5.27. The summed E-state index contributed by atoms with van der Waals surface area (Å²) in [4.78, 5) is 31.5. The van der Waals surface area contributed by atoms with Crippen molar-refractivity contribution in [2.75, 3.05) is 18.6 Å². The second-order valence-corrected chi connectivity index (χ2v) is 9.32. The molecule has 1 amide bonds. The molecule has 0 radical (unpaired) electrons. The normalized spacial score (nSPS) is 11.5. The molecule has 8 heteroatoms. The van der Waals surface area contributed by atoms with Gasteiger partial charge in [-0.2, -0.15) is 0 Å². The number of carboxylic acids is 1. The molecule has 4 aromatic rings. The van der Waals surface area contributed by atoms with Crippen molar-refractivity contribution >= 4 is 28.3 Å². The molecule has 7 nitrogen and oxygen atoms in total. The molecule has 1 aromatic heterocycles. The Balaban J connectivity index is 1.41. The van der Waals surface area contributed by atoms with Gasteiger partial charge in [-0.15, -0.1) is 11.3 Å². The third-order valence-corrected chi connectivity index (χ3v) is 6.90. The Labute approximate surface area is 220 Å². The van der Waals surface area contributed by atoms with E-state index in [4.69, 9.17) is 9.72 Å². The van der Waals surface area contributed by atoms with Gasteiger partial charge in [-0.25, -0.2) is 9.78 Å². The van der Waals surface area contributed by atoms with Gasteiger partial charge in [-0.05, 0) is 42.3 Å². The summed E-state index contributed by atoms with van der Waals surface area (Å²) in [5.74, 6) is -0.697. The van der Waals surface area contributed by atoms with Crippen LogP contribution in [-0.4, -0.2) is 41.7 Å². The number of aromatic nitrogens is 1. The Morgan fingerprint density at radius 2 is 1.70 bits per heavy atom. The second-order valence-electron chi connectivity index (χ2n) is 8.48. The Hall–Kier alpha value is -4.17. The summed E-state index contributed by atoms with van der Waals surface area (Å²) in [7, 11) is 1.65. The van der Waals surface area contributed by atoms with Crippen LogP contribution in [0.25, 0.3) is 11.3 Å². The number of aliphatic carboxylic acids is 1. The number of nitrogens with one attached hydrogen (secondary N) is 1. The lowest BCUT2D eigenvalue weighted by atomic mass is 10.1. The lowest BCUT2D eigenvalue weighted by molar-refractivity contribution is -0.139. The number of hydrogen-bond donors (Lipinski definition) is 2. The molecule has 2 N–H and O–H groups in total. The van der Waals surface area contributed by atoms with Crippen molar-refractivity contribution in [1.29, 1.82) is 0 Å². The Morgan fingerprint density at radius 3 is 2.38 bits per heavy atom. The van der Waals surface area contributed by atoms with Crippen molar-refractivity contribution in [2.24, 2.45) is 0 Å². The highest BCUT2D eigenvalue weighted by molar-refractivity contribution is 7.14. The third kappa shape index (κ3) is 6.54. The van der Waals surface area contributed by atoms with Gasteiger partial charge in [0.25, 0.3) is 5.91 Å². The van der Waals surface area contributed by atoms with Gasteiger partial charge in [0.15, 0.2) is 5.13 Å². The smallest absolute Gasteiger partial charge is 0.326 e. The number of benzene rings is 3. The fraction of sp³-hybridized carbons (Fsp3) is 0.207. The van der Waals surface area contributed by atoms with E-state index in [0.717, 1.165) is 39.8 Å². The molecule has 1 unspecified atom stereocenters. The maximum Gasteiger partial charge on any atom is 0.326 e. The van der Waals surface area contributed by atoms with Crippen molar-refractivity contribution in [3.63, 3.8) is 0 Å². The zero-order valence-corrected chi connectivity index (χ0v) is 21.6. The van der Waals surface area contributed by atoms with E-state index in [9.17, 15) is 14.7 Å². The summed E-state index contributed by atoms with van der Waals surface area (Å²) >= 11 is 1.57. The minimum Gasteiger partial charge on any atom is -0.496 e. The molecule has 0 aliphatic heterocycles. The first kappa shape index (κ1) is 25.9. The van der Waals surface area contributed by atoms with Gasteiger partial charge in [0.05, 0.1) is 12.8 Å². The van der Waals surface area contributed by atoms with Crippen molar-refractivity contribution in [3.8, 4) is 17.0 Å². The minimum atomic E-state index is -1.07. The van der Waals surface area contributed by atoms with E-state index in [2.05, 4.69) is 17.1 Å². The van der Waals surface area contributed by atoms with Crippen LogP contribution >= 0.6 is 11.3 Å². The summed E-state index contributed by atoms with van der Waals surface area (Å²) in [5.41, 5.74) is 4.10. The number of ether oxygens (including phenoxy) is 1. The second kappa shape index (κ2) is 12.2. The monoisotopic (exact) mass is 515 g/mol. The number of thiazole rings is 1. The summed E-state index contributed by atoms with van der Waals surface area (Å²) in [6.45, 7) is 3.47. The van der Waals surface area contributed by atoms with Crippen molar-refractivity contribution in [1.82, 2.24) is 10.3 Å². The van der Waals surface area contributed by atoms with Crippen LogP contribution in [0.15, 0.2) is 84.2 Å². The van der Waals surface area contributed by atoms with Crippen molar-refractivity contribution in [3.05, 3.63) is 101 Å². The van der Waals surface area contributed by atoms with E-state index >= 15 is 0 Å². The molecule has 3 aromatic carbocycles. The third-order valence-electron chi connectivity index (χ3n) is 6.00. The van der Waals surface area contributed by atoms with E-state index < -0.39 is 17.9 Å². The lowest BCUT2D eigenvalue weighted by Gasteiger charge is -2.20. The number of carbonyl (C=O) groups is 2. The van der Waals surface area contributed by atoms with Gasteiger partial charge in [0, 0.05) is 36.0 Å². The fourth-order valence-electron chi connectivity index (χ4n) is 3.98. The maximum atomic E-state index is 12.7. The van der Waals surface area contributed by atoms with Crippen LogP contribution in [0.1, 0.15) is 28.4 Å². The molecule has 0 saturated carbocycles. The van der Waals surface area contributed by atoms with Crippen LogP contribution in [0.2, 0.25) is 0 Å². The van der Waals surface area contributed by atoms with Crippen LogP contribution in [0.3, 0.4) is 0 Å². The predicted molar refractivity (Wildman–Crippen MR) is 146 cm³/mol. The molecule has 0 aliphatic rings. The Bertz CT molecular complexity index is 1340. The number of carbonyl (C=O) groups excluding carboxylic acids is 1. The first-order chi connectivity index (χ1) is 18.0. The number of para-hydroxylation sites is 1. The summed E-state index contributed by atoms with van der Waals surface area (Å²) in [6, 6.07) is 23.3. The maximum absolute atomic E-state index is 12.7. The molecule has 0 spiro atoms. The van der Waals surface area contributed by atoms with E-state index in [0.29, 0.717) is 12.1 Å². The Morgan fingerprint density at radius 1 is 1.00 bits per heavy atom. The van der Waals surface area contributed by atoms with E-state index in [1.807, 2.05) is 72.1 Å². The molecule has 0 saturated heterocycles. The highest BCUT2D eigenvalue weighted by Gasteiger charge is 2.21. The number of amides is 1. The van der Waals surface area contributed by atoms with Gasteiger partial charge in [0.1, 0.15) is 11.8 Å². The molecule has 4 rings (SSSR count). The van der Waals surface area contributed by atoms with E-state index in [-0.39, 0.29) is 6.42 Å². The first-order valence-corrected chi connectivity index (χ1v) is 12.9. The number of nitrogens with zero attached hydrogens (tertiary/aromatic N) is 2. The summed E-state index contributed by atoms with van der Waals surface area (Å²) in [6.07, 6.45) is 0.218. The Kier molecular flexibility index (Phi) is 8.53. The van der Waals surface area contributed by atoms with Crippen LogP contribution in [0.4, 0.5) is 5.13 Å². The SMILES string of the molecule is CCN(Cc1ccc(C(=O)NC(Cc2ccccc2)C(=O)O)cc1)c1nc(-c2ccccc2OC)cs1. The average molecular weight is 516 g/mol. The number of rotatable bonds is 11. The number of carboxylic acid groups (broad SMARTS) is 1. The van der Waals surface area contributed by atoms with E-state index in [1.54, 1.807) is 30.6 Å². The van der Waals surface area contributed by atoms with Crippen molar-refractivity contribution in [2.45, 2.75) is 25.9 Å². The quantitative estimate of drug-likeness (QED) is 0.283. The topological polar surface area (TPSA) is 91.8 Å². The van der Waals surface area contributed by atoms with Crippen LogP contribution in [0.5, 0.6) is 5.75 Å². The van der Waals surface area contributed by atoms with Gasteiger partial charge in [-0.1, -0.05) is 54.6 Å². The lowest BCUT2D eigenvalue weighted by Crippen LogP contribution is -2.42. The number of methoxy groups -OCH3 is 1. The molecule has 37 heavy (non-hydrogen) atoms. The molecular formula is C29H29N3O4S. The van der Waals surface area contributed by atoms with Gasteiger partial charge in [-0.3, -0.25) is 4.79 Å². The standard InChI is InChI=1S/C29H29N3O4S/c1-3-32(29-31-25(19-37-29)23-11-7-8-12-26(23)36-2)18-21-13-15-22(16-14-21)27(33)30-24(28(34)35)17-20-9-5-4-6-10-20/h4-16,19,24H,3,17-18H2,1-2H3,(H,30,33)(H,34,35). The van der Waals surface area contributed by atoms with Crippen LogP contribution in [-0.2, 0) is 17.8 Å². The van der Waals surface area contributed by atoms with Crippen molar-refractivity contribution < 1.29 is 19.4 Å².